The molecule has 0 aliphatic carbocycles. The average molecular weight is 222 g/mol. The minimum absolute atomic E-state index is 1.08. The summed E-state index contributed by atoms with van der Waals surface area (Å²) in [5, 5.41) is 0. The van der Waals surface area contributed by atoms with Crippen LogP contribution < -0.4 is 0 Å². The third-order valence-corrected chi connectivity index (χ3v) is 3.17. The van der Waals surface area contributed by atoms with E-state index in [4.69, 9.17) is 0 Å². The summed E-state index contributed by atoms with van der Waals surface area (Å²) in [7, 11) is 0. The normalized spacial score (nSPS) is 10.2. The van der Waals surface area contributed by atoms with Gasteiger partial charge in [0.2, 0.25) is 0 Å². The molecule has 0 heterocycles. The molecule has 0 N–H and O–H groups in total. The minimum atomic E-state index is 1.08. The van der Waals surface area contributed by atoms with Crippen LogP contribution >= 0.6 is 0 Å². The lowest BCUT2D eigenvalue weighted by atomic mass is 9.96. The van der Waals surface area contributed by atoms with Crippen LogP contribution in [-0.4, -0.2) is 0 Å². The molecule has 2 aromatic rings. The third-order valence-electron chi connectivity index (χ3n) is 3.17. The highest BCUT2D eigenvalue weighted by molar-refractivity contribution is 5.69. The van der Waals surface area contributed by atoms with Gasteiger partial charge in [-0.3, -0.25) is 0 Å². The summed E-state index contributed by atoms with van der Waals surface area (Å²) >= 11 is 0. The number of rotatable bonds is 3. The Kier molecular flexibility index (Phi) is 3.43. The van der Waals surface area contributed by atoms with Crippen LogP contribution in [0.2, 0.25) is 0 Å². The molecule has 2 rings (SSSR count). The van der Waals surface area contributed by atoms with Crippen LogP contribution in [0.3, 0.4) is 0 Å². The third kappa shape index (κ3) is 2.47. The lowest BCUT2D eigenvalue weighted by Gasteiger charge is -2.08. The monoisotopic (exact) mass is 222 g/mol. The number of benzene rings is 2. The van der Waals surface area contributed by atoms with E-state index in [1.54, 1.807) is 0 Å². The quantitative estimate of drug-likeness (QED) is 0.695. The number of hydrogen-bond acceptors (Lipinski definition) is 0. The zero-order chi connectivity index (χ0) is 12.3. The van der Waals surface area contributed by atoms with Crippen LogP contribution in [-0.2, 0) is 6.42 Å². The van der Waals surface area contributed by atoms with E-state index in [9.17, 15) is 0 Å². The molecule has 0 saturated carbocycles. The van der Waals surface area contributed by atoms with Crippen molar-refractivity contribution in [3.63, 3.8) is 0 Å². The second-order valence-electron chi connectivity index (χ2n) is 4.33. The molecular weight excluding hydrogens is 204 g/mol. The van der Waals surface area contributed by atoms with E-state index in [2.05, 4.69) is 62.9 Å². The van der Waals surface area contributed by atoms with Gasteiger partial charge in [0.25, 0.3) is 0 Å². The second-order valence-corrected chi connectivity index (χ2v) is 4.33. The van der Waals surface area contributed by atoms with Crippen LogP contribution in [0.15, 0.2) is 49.0 Å². The van der Waals surface area contributed by atoms with Gasteiger partial charge in [-0.1, -0.05) is 62.0 Å². The van der Waals surface area contributed by atoms with Gasteiger partial charge < -0.3 is 0 Å². The Morgan fingerprint density at radius 1 is 1.06 bits per heavy atom. The second kappa shape index (κ2) is 5.01. The van der Waals surface area contributed by atoms with E-state index in [1.807, 2.05) is 6.08 Å². The highest BCUT2D eigenvalue weighted by Crippen LogP contribution is 2.25. The average Bonchev–Trinajstić information content (AvgIpc) is 2.39. The van der Waals surface area contributed by atoms with Crippen LogP contribution in [0.5, 0.6) is 0 Å². The molecule has 0 aromatic heterocycles. The fraction of sp³-hybridized carbons (Fsp3) is 0.176. The van der Waals surface area contributed by atoms with Crippen molar-refractivity contribution in [1.82, 2.24) is 0 Å². The molecule has 0 saturated heterocycles. The zero-order valence-electron chi connectivity index (χ0n) is 10.5. The summed E-state index contributed by atoms with van der Waals surface area (Å²) in [6.45, 7) is 8.13. The molecule has 0 spiro atoms. The van der Waals surface area contributed by atoms with Crippen LogP contribution in [0.4, 0.5) is 0 Å². The van der Waals surface area contributed by atoms with Gasteiger partial charge in [0.05, 0.1) is 0 Å². The molecule has 17 heavy (non-hydrogen) atoms. The molecule has 0 amide bonds. The predicted molar refractivity (Wildman–Crippen MR) is 76.1 cm³/mol. The lowest BCUT2D eigenvalue weighted by molar-refractivity contribution is 1.14. The standard InChI is InChI=1S/C17H18/c1-4-14-8-10-16(11-9-14)17-12-15(5-2)7-6-13(17)3/h4,6-12H,1,5H2,2-3H3. The highest BCUT2D eigenvalue weighted by Gasteiger charge is 2.02. The summed E-state index contributed by atoms with van der Waals surface area (Å²) in [4.78, 5) is 0. The van der Waals surface area contributed by atoms with Gasteiger partial charge in [0, 0.05) is 0 Å². The molecule has 0 nitrogen and oxygen atoms in total. The SMILES string of the molecule is C=Cc1ccc(-c2cc(CC)ccc2C)cc1. The van der Waals surface area contributed by atoms with E-state index in [1.165, 1.54) is 22.3 Å². The molecule has 0 heteroatoms. The van der Waals surface area contributed by atoms with Crippen molar-refractivity contribution < 1.29 is 0 Å². The Balaban J connectivity index is 2.47. The number of hydrogen-bond donors (Lipinski definition) is 0. The first-order valence-corrected chi connectivity index (χ1v) is 6.07. The van der Waals surface area contributed by atoms with Gasteiger partial charge in [-0.05, 0) is 41.2 Å². The van der Waals surface area contributed by atoms with Crippen molar-refractivity contribution in [2.75, 3.05) is 0 Å². The fourth-order valence-electron chi connectivity index (χ4n) is 2.00. The summed E-state index contributed by atoms with van der Waals surface area (Å²) in [5.41, 5.74) is 6.49. The maximum Gasteiger partial charge on any atom is -0.0152 e. The first-order valence-electron chi connectivity index (χ1n) is 6.07. The van der Waals surface area contributed by atoms with Gasteiger partial charge in [0.15, 0.2) is 0 Å². The number of aryl methyl sites for hydroxylation is 2. The zero-order valence-corrected chi connectivity index (χ0v) is 10.5. The smallest absolute Gasteiger partial charge is 0.0152 e. The van der Waals surface area contributed by atoms with E-state index in [0.29, 0.717) is 0 Å². The van der Waals surface area contributed by atoms with E-state index in [0.717, 1.165) is 12.0 Å². The van der Waals surface area contributed by atoms with E-state index in [-0.39, 0.29) is 0 Å². The van der Waals surface area contributed by atoms with Gasteiger partial charge in [0.1, 0.15) is 0 Å². The van der Waals surface area contributed by atoms with Crippen molar-refractivity contribution in [2.24, 2.45) is 0 Å². The van der Waals surface area contributed by atoms with Gasteiger partial charge in [-0.2, -0.15) is 0 Å². The Morgan fingerprint density at radius 3 is 2.35 bits per heavy atom. The van der Waals surface area contributed by atoms with Gasteiger partial charge in [-0.25, -0.2) is 0 Å². The van der Waals surface area contributed by atoms with E-state index < -0.39 is 0 Å². The molecule has 0 aliphatic rings. The first-order chi connectivity index (χ1) is 8.24. The predicted octanol–water partition coefficient (Wildman–Crippen LogP) is 4.87. The Labute approximate surface area is 104 Å². The Bertz CT molecular complexity index is 518. The van der Waals surface area contributed by atoms with Crippen molar-refractivity contribution in [3.05, 3.63) is 65.7 Å². The summed E-state index contributed by atoms with van der Waals surface area (Å²) < 4.78 is 0. The molecule has 0 fully saturated rings. The Hall–Kier alpha value is -1.82. The Morgan fingerprint density at radius 2 is 1.76 bits per heavy atom. The van der Waals surface area contributed by atoms with Crippen LogP contribution in [0.1, 0.15) is 23.6 Å². The molecule has 0 unspecified atom stereocenters. The fourth-order valence-corrected chi connectivity index (χ4v) is 2.00. The van der Waals surface area contributed by atoms with Crippen LogP contribution in [0, 0.1) is 6.92 Å². The molecule has 0 atom stereocenters. The molecule has 0 aliphatic heterocycles. The van der Waals surface area contributed by atoms with Gasteiger partial charge >= 0.3 is 0 Å². The summed E-state index contributed by atoms with van der Waals surface area (Å²) in [5.74, 6) is 0. The van der Waals surface area contributed by atoms with Crippen molar-refractivity contribution >= 4 is 6.08 Å². The van der Waals surface area contributed by atoms with E-state index >= 15 is 0 Å². The lowest BCUT2D eigenvalue weighted by Crippen LogP contribution is -1.87. The van der Waals surface area contributed by atoms with Gasteiger partial charge in [-0.15, -0.1) is 0 Å². The molecule has 0 radical (unpaired) electrons. The van der Waals surface area contributed by atoms with Crippen molar-refractivity contribution in [2.45, 2.75) is 20.3 Å². The molecule has 2 aromatic carbocycles. The molecular formula is C17H18. The van der Waals surface area contributed by atoms with Crippen molar-refractivity contribution in [3.8, 4) is 11.1 Å². The van der Waals surface area contributed by atoms with Crippen LogP contribution in [0.25, 0.3) is 17.2 Å². The van der Waals surface area contributed by atoms with Crippen molar-refractivity contribution in [1.29, 1.82) is 0 Å². The topological polar surface area (TPSA) is 0 Å². The maximum absolute atomic E-state index is 3.78. The summed E-state index contributed by atoms with van der Waals surface area (Å²) in [6.07, 6.45) is 2.96. The molecule has 0 bridgehead atoms. The minimum Gasteiger partial charge on any atom is -0.0985 e. The first kappa shape index (κ1) is 11.7. The largest absolute Gasteiger partial charge is 0.0985 e. The maximum atomic E-state index is 3.78. The molecule has 86 valence electrons. The highest BCUT2D eigenvalue weighted by atomic mass is 14.1. The summed E-state index contributed by atoms with van der Waals surface area (Å²) in [6, 6.07) is 15.3.